The fourth-order valence-corrected chi connectivity index (χ4v) is 2.42. The molecule has 1 N–H and O–H groups in total. The van der Waals surface area contributed by atoms with Crippen LogP contribution in [0.25, 0.3) is 0 Å². The Kier molecular flexibility index (Phi) is 6.09. The van der Waals surface area contributed by atoms with Gasteiger partial charge in [0, 0.05) is 16.6 Å². The van der Waals surface area contributed by atoms with Gasteiger partial charge in [0.05, 0.1) is 5.02 Å². The molecule has 0 fully saturated rings. The third kappa shape index (κ3) is 5.03. The Hall–Kier alpha value is -1.03. The van der Waals surface area contributed by atoms with Crippen molar-refractivity contribution in [1.82, 2.24) is 5.32 Å². The Bertz CT molecular complexity index is 584. The van der Waals surface area contributed by atoms with Gasteiger partial charge in [-0.05, 0) is 42.8 Å². The van der Waals surface area contributed by atoms with Crippen LogP contribution in [0.15, 0.2) is 46.9 Å². The first-order valence-corrected chi connectivity index (χ1v) is 8.15. The summed E-state index contributed by atoms with van der Waals surface area (Å²) in [6.07, 6.45) is 0. The summed E-state index contributed by atoms with van der Waals surface area (Å²) in [7, 11) is 0. The summed E-state index contributed by atoms with van der Waals surface area (Å²) in [5.41, 5.74) is 1.06. The summed E-state index contributed by atoms with van der Waals surface area (Å²) in [5, 5.41) is 4.04. The van der Waals surface area contributed by atoms with Gasteiger partial charge >= 0.3 is 0 Å². The second-order valence-electron chi connectivity index (χ2n) is 5.31. The molecule has 21 heavy (non-hydrogen) atoms. The second kappa shape index (κ2) is 7.83. The first kappa shape index (κ1) is 16.3. The molecule has 0 aliphatic rings. The molecule has 0 radical (unpaired) electrons. The van der Waals surface area contributed by atoms with Crippen LogP contribution in [-0.4, -0.2) is 6.54 Å². The minimum atomic E-state index is 0.611. The zero-order valence-corrected chi connectivity index (χ0v) is 14.5. The lowest BCUT2D eigenvalue weighted by Gasteiger charge is -2.14. The van der Waals surface area contributed by atoms with Crippen LogP contribution in [0.1, 0.15) is 19.4 Å². The maximum atomic E-state index is 6.29. The number of ether oxygens (including phenoxy) is 1. The predicted octanol–water partition coefficient (Wildman–Crippen LogP) is 5.64. The molecular weight excluding hydrogens is 350 g/mol. The summed E-state index contributed by atoms with van der Waals surface area (Å²) in [6.45, 7) is 6.07. The van der Waals surface area contributed by atoms with E-state index in [1.165, 1.54) is 0 Å². The SMILES string of the molecule is CC(C)CNCc1cccc(Cl)c1Oc1ccc(Br)cc1. The molecule has 0 saturated heterocycles. The molecule has 2 rings (SSSR count). The first-order chi connectivity index (χ1) is 10.1. The summed E-state index contributed by atoms with van der Waals surface area (Å²) in [4.78, 5) is 0. The van der Waals surface area contributed by atoms with E-state index in [-0.39, 0.29) is 0 Å². The van der Waals surface area contributed by atoms with Crippen LogP contribution in [0.4, 0.5) is 0 Å². The molecule has 0 atom stereocenters. The van der Waals surface area contributed by atoms with Crippen molar-refractivity contribution in [3.8, 4) is 11.5 Å². The van der Waals surface area contributed by atoms with Gasteiger partial charge in [-0.25, -0.2) is 0 Å². The van der Waals surface area contributed by atoms with Crippen molar-refractivity contribution in [2.45, 2.75) is 20.4 Å². The molecule has 2 aromatic carbocycles. The number of hydrogen-bond donors (Lipinski definition) is 1. The van der Waals surface area contributed by atoms with Gasteiger partial charge in [0.1, 0.15) is 11.5 Å². The minimum Gasteiger partial charge on any atom is -0.455 e. The Balaban J connectivity index is 2.15. The quantitative estimate of drug-likeness (QED) is 0.712. The molecule has 0 saturated carbocycles. The van der Waals surface area contributed by atoms with E-state index in [0.29, 0.717) is 10.9 Å². The zero-order chi connectivity index (χ0) is 15.2. The largest absolute Gasteiger partial charge is 0.455 e. The van der Waals surface area contributed by atoms with Gasteiger partial charge in [0.25, 0.3) is 0 Å². The van der Waals surface area contributed by atoms with Crippen LogP contribution in [-0.2, 0) is 6.54 Å². The lowest BCUT2D eigenvalue weighted by Crippen LogP contribution is -2.19. The maximum Gasteiger partial charge on any atom is 0.150 e. The first-order valence-electron chi connectivity index (χ1n) is 6.98. The monoisotopic (exact) mass is 367 g/mol. The molecule has 0 amide bonds. The maximum absolute atomic E-state index is 6.29. The van der Waals surface area contributed by atoms with E-state index in [9.17, 15) is 0 Å². The van der Waals surface area contributed by atoms with Gasteiger partial charge in [-0.15, -0.1) is 0 Å². The number of nitrogens with one attached hydrogen (secondary N) is 1. The van der Waals surface area contributed by atoms with E-state index in [4.69, 9.17) is 16.3 Å². The number of rotatable bonds is 6. The lowest BCUT2D eigenvalue weighted by atomic mass is 10.1. The van der Waals surface area contributed by atoms with Crippen molar-refractivity contribution >= 4 is 27.5 Å². The molecule has 2 nitrogen and oxygen atoms in total. The van der Waals surface area contributed by atoms with Crippen molar-refractivity contribution in [3.63, 3.8) is 0 Å². The van der Waals surface area contributed by atoms with Crippen LogP contribution in [0.2, 0.25) is 5.02 Å². The molecule has 0 bridgehead atoms. The highest BCUT2D eigenvalue weighted by atomic mass is 79.9. The van der Waals surface area contributed by atoms with Crippen molar-refractivity contribution in [2.75, 3.05) is 6.54 Å². The fraction of sp³-hybridized carbons (Fsp3) is 0.294. The van der Waals surface area contributed by atoms with Crippen molar-refractivity contribution in [1.29, 1.82) is 0 Å². The average molecular weight is 369 g/mol. The zero-order valence-electron chi connectivity index (χ0n) is 12.2. The molecule has 4 heteroatoms. The van der Waals surface area contributed by atoms with Gasteiger partial charge in [-0.1, -0.05) is 53.5 Å². The smallest absolute Gasteiger partial charge is 0.150 e. The fourth-order valence-electron chi connectivity index (χ4n) is 1.92. The number of hydrogen-bond acceptors (Lipinski definition) is 2. The Morgan fingerprint density at radius 3 is 2.52 bits per heavy atom. The predicted molar refractivity (Wildman–Crippen MR) is 92.2 cm³/mol. The molecule has 0 heterocycles. The lowest BCUT2D eigenvalue weighted by molar-refractivity contribution is 0.469. The van der Waals surface area contributed by atoms with E-state index in [1.54, 1.807) is 0 Å². The molecule has 0 unspecified atom stereocenters. The van der Waals surface area contributed by atoms with Crippen molar-refractivity contribution in [3.05, 3.63) is 57.5 Å². The molecule has 0 aromatic heterocycles. The van der Waals surface area contributed by atoms with Gasteiger partial charge in [-0.3, -0.25) is 0 Å². The summed E-state index contributed by atoms with van der Waals surface area (Å²) in [5.74, 6) is 2.11. The van der Waals surface area contributed by atoms with Gasteiger partial charge in [0.2, 0.25) is 0 Å². The van der Waals surface area contributed by atoms with Crippen LogP contribution >= 0.6 is 27.5 Å². The van der Waals surface area contributed by atoms with Crippen LogP contribution < -0.4 is 10.1 Å². The van der Waals surface area contributed by atoms with E-state index < -0.39 is 0 Å². The van der Waals surface area contributed by atoms with Gasteiger partial charge in [0.15, 0.2) is 0 Å². The Morgan fingerprint density at radius 1 is 1.14 bits per heavy atom. The van der Waals surface area contributed by atoms with Crippen molar-refractivity contribution in [2.24, 2.45) is 5.92 Å². The van der Waals surface area contributed by atoms with Crippen molar-refractivity contribution < 1.29 is 4.74 Å². The molecule has 0 aliphatic carbocycles. The van der Waals surface area contributed by atoms with E-state index in [0.717, 1.165) is 34.6 Å². The van der Waals surface area contributed by atoms with Crippen LogP contribution in [0.3, 0.4) is 0 Å². The minimum absolute atomic E-state index is 0.611. The number of benzene rings is 2. The van der Waals surface area contributed by atoms with Crippen LogP contribution in [0.5, 0.6) is 11.5 Å². The Labute approximate surface area is 139 Å². The highest BCUT2D eigenvalue weighted by Crippen LogP contribution is 2.33. The molecule has 0 spiro atoms. The third-order valence-electron chi connectivity index (χ3n) is 2.95. The highest BCUT2D eigenvalue weighted by molar-refractivity contribution is 9.10. The topological polar surface area (TPSA) is 21.3 Å². The Morgan fingerprint density at radius 2 is 1.86 bits per heavy atom. The second-order valence-corrected chi connectivity index (χ2v) is 6.63. The summed E-state index contributed by atoms with van der Waals surface area (Å²) >= 11 is 9.71. The normalized spacial score (nSPS) is 10.9. The molecule has 2 aromatic rings. The van der Waals surface area contributed by atoms with E-state index in [1.807, 2.05) is 42.5 Å². The van der Waals surface area contributed by atoms with E-state index >= 15 is 0 Å². The average Bonchev–Trinajstić information content (AvgIpc) is 2.44. The molecule has 112 valence electrons. The molecule has 0 aliphatic heterocycles. The standard InChI is InChI=1S/C17H19BrClNO/c1-12(2)10-20-11-13-4-3-5-16(19)17(13)21-15-8-6-14(18)7-9-15/h3-9,12,20H,10-11H2,1-2H3. The van der Waals surface area contributed by atoms with E-state index in [2.05, 4.69) is 35.1 Å². The summed E-state index contributed by atoms with van der Waals surface area (Å²) < 4.78 is 6.98. The molecular formula is C17H19BrClNO. The van der Waals surface area contributed by atoms with Crippen LogP contribution in [0, 0.1) is 5.92 Å². The number of para-hydroxylation sites is 1. The van der Waals surface area contributed by atoms with Gasteiger partial charge < -0.3 is 10.1 Å². The van der Waals surface area contributed by atoms with Gasteiger partial charge in [-0.2, -0.15) is 0 Å². The third-order valence-corrected chi connectivity index (χ3v) is 3.78. The highest BCUT2D eigenvalue weighted by Gasteiger charge is 2.09. The number of halogens is 2. The summed E-state index contributed by atoms with van der Waals surface area (Å²) in [6, 6.07) is 13.6.